The summed E-state index contributed by atoms with van der Waals surface area (Å²) in [5.74, 6) is -0.824. The average molecular weight is 327 g/mol. The summed E-state index contributed by atoms with van der Waals surface area (Å²) >= 11 is 1.24. The predicted molar refractivity (Wildman–Crippen MR) is 89.2 cm³/mol. The van der Waals surface area contributed by atoms with Gasteiger partial charge in [0.15, 0.2) is 0 Å². The number of anilines is 1. The highest BCUT2D eigenvalue weighted by atomic mass is 32.1. The molecule has 4 nitrogen and oxygen atoms in total. The Bertz CT molecular complexity index is 862. The third kappa shape index (κ3) is 3.27. The van der Waals surface area contributed by atoms with Crippen LogP contribution in [0.2, 0.25) is 0 Å². The molecule has 0 aliphatic carbocycles. The minimum Gasteiger partial charge on any atom is -0.319 e. The fourth-order valence-electron chi connectivity index (χ4n) is 2.11. The molecule has 0 fully saturated rings. The monoisotopic (exact) mass is 327 g/mol. The zero-order valence-corrected chi connectivity index (χ0v) is 13.4. The minimum atomic E-state index is -0.453. The van der Waals surface area contributed by atoms with Crippen LogP contribution in [-0.2, 0) is 0 Å². The molecule has 23 heavy (non-hydrogen) atoms. The second kappa shape index (κ2) is 6.26. The van der Waals surface area contributed by atoms with Crippen LogP contribution in [0.3, 0.4) is 0 Å². The number of hydrogen-bond donors (Lipinski definition) is 1. The first-order valence-electron chi connectivity index (χ1n) is 7.01. The van der Waals surface area contributed by atoms with Gasteiger partial charge in [0.25, 0.3) is 5.91 Å². The Morgan fingerprint density at radius 2 is 2.04 bits per heavy atom. The minimum absolute atomic E-state index is 0.160. The molecule has 6 heteroatoms. The van der Waals surface area contributed by atoms with Crippen molar-refractivity contribution in [3.05, 3.63) is 64.5 Å². The molecule has 2 aromatic heterocycles. The van der Waals surface area contributed by atoms with Crippen LogP contribution in [0.25, 0.3) is 10.7 Å². The number of amides is 1. The third-order valence-corrected chi connectivity index (χ3v) is 4.44. The highest BCUT2D eigenvalue weighted by Crippen LogP contribution is 2.27. The van der Waals surface area contributed by atoms with Crippen LogP contribution in [0.1, 0.15) is 20.9 Å². The maximum atomic E-state index is 13.9. The van der Waals surface area contributed by atoms with E-state index in [1.165, 1.54) is 17.4 Å². The molecule has 0 radical (unpaired) electrons. The predicted octanol–water partition coefficient (Wildman–Crippen LogP) is 4.21. The number of aromatic nitrogens is 2. The Hall–Kier alpha value is -2.60. The lowest BCUT2D eigenvalue weighted by molar-refractivity contribution is 0.102. The SMILES string of the molecule is Cc1ccc(NC(=O)c2sc(-c3ccccn3)nc2C)c(F)c1. The molecule has 0 saturated heterocycles. The van der Waals surface area contributed by atoms with E-state index in [-0.39, 0.29) is 11.6 Å². The Kier molecular flexibility index (Phi) is 4.16. The number of nitrogens with zero attached hydrogens (tertiary/aromatic N) is 2. The number of halogens is 1. The van der Waals surface area contributed by atoms with Gasteiger partial charge in [-0.15, -0.1) is 11.3 Å². The fraction of sp³-hybridized carbons (Fsp3) is 0.118. The van der Waals surface area contributed by atoms with E-state index in [0.717, 1.165) is 5.56 Å². The highest BCUT2D eigenvalue weighted by Gasteiger charge is 2.18. The van der Waals surface area contributed by atoms with Crippen LogP contribution in [0.4, 0.5) is 10.1 Å². The third-order valence-electron chi connectivity index (χ3n) is 3.26. The lowest BCUT2D eigenvalue weighted by Crippen LogP contribution is -2.12. The van der Waals surface area contributed by atoms with E-state index in [1.54, 1.807) is 32.2 Å². The van der Waals surface area contributed by atoms with Crippen LogP contribution < -0.4 is 5.32 Å². The van der Waals surface area contributed by atoms with E-state index in [4.69, 9.17) is 0 Å². The molecule has 0 bridgehead atoms. The first-order valence-corrected chi connectivity index (χ1v) is 7.82. The van der Waals surface area contributed by atoms with E-state index in [2.05, 4.69) is 15.3 Å². The smallest absolute Gasteiger partial charge is 0.267 e. The van der Waals surface area contributed by atoms with E-state index in [1.807, 2.05) is 18.2 Å². The number of pyridine rings is 1. The lowest BCUT2D eigenvalue weighted by atomic mass is 10.2. The maximum Gasteiger partial charge on any atom is 0.267 e. The molecule has 1 aromatic carbocycles. The molecule has 3 rings (SSSR count). The molecule has 1 amide bonds. The van der Waals surface area contributed by atoms with Gasteiger partial charge in [-0.05, 0) is 43.7 Å². The molecule has 3 aromatic rings. The molecule has 116 valence electrons. The molecular formula is C17H14FN3OS. The standard InChI is InChI=1S/C17H14FN3OS/c1-10-6-7-13(12(18)9-10)21-16(22)15-11(2)20-17(23-15)14-5-3-4-8-19-14/h3-9H,1-2H3,(H,21,22). The number of rotatable bonds is 3. The Labute approximate surface area is 137 Å². The summed E-state index contributed by atoms with van der Waals surface area (Å²) in [7, 11) is 0. The van der Waals surface area contributed by atoms with Gasteiger partial charge in [0.2, 0.25) is 0 Å². The number of benzene rings is 1. The molecule has 0 spiro atoms. The summed E-state index contributed by atoms with van der Waals surface area (Å²) in [6.45, 7) is 3.55. The van der Waals surface area contributed by atoms with E-state index < -0.39 is 5.82 Å². The molecule has 1 N–H and O–H groups in total. The summed E-state index contributed by atoms with van der Waals surface area (Å²) in [5.41, 5.74) is 2.27. The van der Waals surface area contributed by atoms with Gasteiger partial charge < -0.3 is 5.32 Å². The van der Waals surface area contributed by atoms with Crippen molar-refractivity contribution in [1.29, 1.82) is 0 Å². The largest absolute Gasteiger partial charge is 0.319 e. The van der Waals surface area contributed by atoms with Crippen molar-refractivity contribution >= 4 is 22.9 Å². The van der Waals surface area contributed by atoms with Crippen molar-refractivity contribution in [2.45, 2.75) is 13.8 Å². The Morgan fingerprint density at radius 3 is 2.74 bits per heavy atom. The van der Waals surface area contributed by atoms with Crippen molar-refractivity contribution in [1.82, 2.24) is 9.97 Å². The first-order chi connectivity index (χ1) is 11.0. The van der Waals surface area contributed by atoms with Crippen molar-refractivity contribution in [3.8, 4) is 10.7 Å². The van der Waals surface area contributed by atoms with Crippen LogP contribution in [-0.4, -0.2) is 15.9 Å². The average Bonchev–Trinajstić information content (AvgIpc) is 2.93. The second-order valence-electron chi connectivity index (χ2n) is 5.09. The summed E-state index contributed by atoms with van der Waals surface area (Å²) in [6, 6.07) is 10.2. The van der Waals surface area contributed by atoms with Gasteiger partial charge in [-0.2, -0.15) is 0 Å². The molecule has 2 heterocycles. The normalized spacial score (nSPS) is 10.6. The summed E-state index contributed by atoms with van der Waals surface area (Å²) in [4.78, 5) is 21.4. The van der Waals surface area contributed by atoms with Gasteiger partial charge in [0.05, 0.1) is 17.1 Å². The van der Waals surface area contributed by atoms with Crippen molar-refractivity contribution in [3.63, 3.8) is 0 Å². The molecule has 0 aliphatic rings. The highest BCUT2D eigenvalue weighted by molar-refractivity contribution is 7.17. The number of hydrogen-bond acceptors (Lipinski definition) is 4. The fourth-order valence-corrected chi connectivity index (χ4v) is 3.04. The van der Waals surface area contributed by atoms with Crippen molar-refractivity contribution in [2.24, 2.45) is 0 Å². The van der Waals surface area contributed by atoms with Crippen LogP contribution in [0, 0.1) is 19.7 Å². The first kappa shape index (κ1) is 15.3. The van der Waals surface area contributed by atoms with Crippen molar-refractivity contribution < 1.29 is 9.18 Å². The summed E-state index contributed by atoms with van der Waals surface area (Å²) < 4.78 is 13.9. The van der Waals surface area contributed by atoms with E-state index in [0.29, 0.717) is 21.3 Å². The lowest BCUT2D eigenvalue weighted by Gasteiger charge is -2.06. The van der Waals surface area contributed by atoms with Gasteiger partial charge in [-0.3, -0.25) is 9.78 Å². The van der Waals surface area contributed by atoms with Crippen LogP contribution in [0.5, 0.6) is 0 Å². The zero-order chi connectivity index (χ0) is 16.4. The van der Waals surface area contributed by atoms with Crippen LogP contribution >= 0.6 is 11.3 Å². The quantitative estimate of drug-likeness (QED) is 0.784. The zero-order valence-electron chi connectivity index (χ0n) is 12.6. The molecule has 0 aliphatic heterocycles. The number of nitrogens with one attached hydrogen (secondary N) is 1. The number of carbonyl (C=O) groups excluding carboxylic acids is 1. The van der Waals surface area contributed by atoms with Crippen molar-refractivity contribution in [2.75, 3.05) is 5.32 Å². The van der Waals surface area contributed by atoms with E-state index in [9.17, 15) is 9.18 Å². The number of aryl methyl sites for hydroxylation is 2. The molecule has 0 atom stereocenters. The summed E-state index contributed by atoms with van der Waals surface area (Å²) in [6.07, 6.45) is 1.67. The van der Waals surface area contributed by atoms with Crippen LogP contribution in [0.15, 0.2) is 42.6 Å². The topological polar surface area (TPSA) is 54.9 Å². The second-order valence-corrected chi connectivity index (χ2v) is 6.09. The number of carbonyl (C=O) groups is 1. The van der Waals surface area contributed by atoms with E-state index >= 15 is 0 Å². The molecule has 0 saturated carbocycles. The Morgan fingerprint density at radius 1 is 1.22 bits per heavy atom. The van der Waals surface area contributed by atoms with Gasteiger partial charge in [0, 0.05) is 6.20 Å². The van der Waals surface area contributed by atoms with Gasteiger partial charge in [-0.25, -0.2) is 9.37 Å². The molecule has 0 unspecified atom stereocenters. The summed E-state index contributed by atoms with van der Waals surface area (Å²) in [5, 5.41) is 3.26. The number of thiazole rings is 1. The van der Waals surface area contributed by atoms with Gasteiger partial charge in [0.1, 0.15) is 15.7 Å². The van der Waals surface area contributed by atoms with Gasteiger partial charge in [-0.1, -0.05) is 12.1 Å². The van der Waals surface area contributed by atoms with Gasteiger partial charge >= 0.3 is 0 Å². The molecular weight excluding hydrogens is 313 g/mol. The maximum absolute atomic E-state index is 13.9. The Balaban J connectivity index is 1.87.